The van der Waals surface area contributed by atoms with Crippen LogP contribution in [0.1, 0.15) is 56.1 Å². The quantitative estimate of drug-likeness (QED) is 0.323. The van der Waals surface area contributed by atoms with E-state index in [-0.39, 0.29) is 36.2 Å². The molecule has 3 saturated heterocycles. The molecule has 0 aromatic heterocycles. The number of rotatable bonds is 7. The van der Waals surface area contributed by atoms with Gasteiger partial charge in [0.25, 0.3) is 5.91 Å². The highest BCUT2D eigenvalue weighted by atomic mass is 79.9. The number of hydrogen-bond acceptors (Lipinski definition) is 8. The van der Waals surface area contributed by atoms with Gasteiger partial charge in [-0.05, 0) is 96.6 Å². The maximum absolute atomic E-state index is 14.0. The van der Waals surface area contributed by atoms with Crippen LogP contribution in [0.2, 0.25) is 0 Å². The van der Waals surface area contributed by atoms with Gasteiger partial charge in [-0.25, -0.2) is 14.4 Å². The number of hydrogen-bond donors (Lipinski definition) is 3. The predicted octanol–water partition coefficient (Wildman–Crippen LogP) is 5.25. The standard InChI is InChI=1S/C35H44BrN5O8/c36-27-21-23(8-9-29(27)42)22-30(32(43)38-16-11-25(12-17-38)40-15-4-3-7-31(40)49-35(46)47)48-34(45)39-18-13-26(14-19-39)41-20-10-24-5-1-2-6-28(24)37-33(41)44/h1-2,5-6,8-9,21,25-26,30-31,42H,3-4,7,10-20,22H2,(H,37,44)(H,46,47)/t30-,31-/m1/s1. The lowest BCUT2D eigenvalue weighted by Crippen LogP contribution is -2.55. The molecule has 0 spiro atoms. The number of ether oxygens (including phenoxy) is 2. The van der Waals surface area contributed by atoms with Gasteiger partial charge in [0, 0.05) is 63.5 Å². The van der Waals surface area contributed by atoms with E-state index in [1.165, 1.54) is 6.07 Å². The molecule has 2 aromatic rings. The SMILES string of the molecule is O=C(O)O[C@@H]1CCCCN1C1CCN(C(=O)[C@@H](Cc2ccc(O)c(Br)c2)OC(=O)N2CCC(N3CCc4ccccc4NC3=O)CC2)CC1. The van der Waals surface area contributed by atoms with Gasteiger partial charge >= 0.3 is 18.3 Å². The Balaban J connectivity index is 1.07. The van der Waals surface area contributed by atoms with Crippen LogP contribution in [-0.2, 0) is 27.1 Å². The van der Waals surface area contributed by atoms with Gasteiger partial charge < -0.3 is 39.7 Å². The molecule has 4 amide bonds. The second-order valence-corrected chi connectivity index (χ2v) is 14.1. The van der Waals surface area contributed by atoms with E-state index in [9.17, 15) is 29.4 Å². The van der Waals surface area contributed by atoms with Crippen molar-refractivity contribution < 1.29 is 38.9 Å². The molecular weight excluding hydrogens is 698 g/mol. The van der Waals surface area contributed by atoms with Crippen LogP contribution in [0.25, 0.3) is 0 Å². The zero-order valence-corrected chi connectivity index (χ0v) is 29.1. The number of aromatic hydroxyl groups is 1. The molecule has 49 heavy (non-hydrogen) atoms. The largest absolute Gasteiger partial charge is 0.507 e. The van der Waals surface area contributed by atoms with Crippen LogP contribution in [0.4, 0.5) is 20.1 Å². The van der Waals surface area contributed by atoms with E-state index < -0.39 is 24.6 Å². The zero-order chi connectivity index (χ0) is 34.5. The zero-order valence-electron chi connectivity index (χ0n) is 27.5. The van der Waals surface area contributed by atoms with Crippen LogP contribution in [0.5, 0.6) is 5.75 Å². The molecule has 0 aliphatic carbocycles. The van der Waals surface area contributed by atoms with Crippen molar-refractivity contribution in [2.75, 3.05) is 44.6 Å². The summed E-state index contributed by atoms with van der Waals surface area (Å²) in [7, 11) is 0. The number of fused-ring (bicyclic) bond motifs is 1. The van der Waals surface area contributed by atoms with Gasteiger partial charge in [-0.15, -0.1) is 0 Å². The third-order valence-corrected chi connectivity index (χ3v) is 10.9. The Labute approximate surface area is 294 Å². The average molecular weight is 743 g/mol. The summed E-state index contributed by atoms with van der Waals surface area (Å²) in [4.78, 5) is 59.2. The molecule has 0 radical (unpaired) electrons. The van der Waals surface area contributed by atoms with Crippen molar-refractivity contribution in [1.82, 2.24) is 19.6 Å². The number of carbonyl (C=O) groups excluding carboxylic acids is 3. The van der Waals surface area contributed by atoms with Gasteiger partial charge in [-0.1, -0.05) is 24.3 Å². The van der Waals surface area contributed by atoms with Crippen LogP contribution in [0.15, 0.2) is 46.9 Å². The number of piperidine rings is 3. The van der Waals surface area contributed by atoms with E-state index in [0.717, 1.165) is 42.6 Å². The fourth-order valence-corrected chi connectivity index (χ4v) is 8.00. The molecule has 13 nitrogen and oxygen atoms in total. The van der Waals surface area contributed by atoms with Crippen molar-refractivity contribution in [2.24, 2.45) is 0 Å². The number of likely N-dealkylation sites (tertiary alicyclic amines) is 3. The molecule has 0 saturated carbocycles. The fraction of sp³-hybridized carbons (Fsp3) is 0.543. The van der Waals surface area contributed by atoms with Gasteiger partial charge in [0.1, 0.15) is 5.75 Å². The minimum Gasteiger partial charge on any atom is -0.507 e. The summed E-state index contributed by atoms with van der Waals surface area (Å²) < 4.78 is 11.6. The molecule has 4 aliphatic heterocycles. The number of carboxylic acid groups (broad SMARTS) is 1. The maximum Gasteiger partial charge on any atom is 0.507 e. The predicted molar refractivity (Wildman–Crippen MR) is 183 cm³/mol. The van der Waals surface area contributed by atoms with Gasteiger partial charge in [0.15, 0.2) is 12.3 Å². The fourth-order valence-electron chi connectivity index (χ4n) is 7.57. The number of urea groups is 1. The van der Waals surface area contributed by atoms with E-state index in [2.05, 4.69) is 26.1 Å². The van der Waals surface area contributed by atoms with Gasteiger partial charge in [-0.2, -0.15) is 0 Å². The van der Waals surface area contributed by atoms with Crippen LogP contribution in [0.3, 0.4) is 0 Å². The second-order valence-electron chi connectivity index (χ2n) is 13.2. The van der Waals surface area contributed by atoms with Crippen LogP contribution >= 0.6 is 15.9 Å². The summed E-state index contributed by atoms with van der Waals surface area (Å²) in [5.41, 5.74) is 2.65. The minimum atomic E-state index is -1.28. The Morgan fingerprint density at radius 3 is 2.35 bits per heavy atom. The van der Waals surface area contributed by atoms with Crippen LogP contribution in [0, 0.1) is 0 Å². The molecule has 6 rings (SSSR count). The maximum atomic E-state index is 14.0. The summed E-state index contributed by atoms with van der Waals surface area (Å²) in [6, 6.07) is 12.7. The number of para-hydroxylation sites is 1. The first kappa shape index (κ1) is 34.8. The van der Waals surface area contributed by atoms with Gasteiger partial charge in [-0.3, -0.25) is 9.69 Å². The third-order valence-electron chi connectivity index (χ3n) is 10.2. The summed E-state index contributed by atoms with van der Waals surface area (Å²) in [5, 5.41) is 22.3. The first-order chi connectivity index (χ1) is 23.7. The number of carbonyl (C=O) groups is 4. The molecule has 4 aliphatic rings. The summed E-state index contributed by atoms with van der Waals surface area (Å²) in [6.07, 6.45) is 2.51. The van der Waals surface area contributed by atoms with E-state index >= 15 is 0 Å². The second kappa shape index (κ2) is 15.7. The van der Waals surface area contributed by atoms with E-state index in [1.807, 2.05) is 29.2 Å². The monoisotopic (exact) mass is 741 g/mol. The van der Waals surface area contributed by atoms with Crippen LogP contribution < -0.4 is 5.32 Å². The lowest BCUT2D eigenvalue weighted by atomic mass is 9.98. The molecular formula is C35H44BrN5O8. The molecule has 3 N–H and O–H groups in total. The van der Waals surface area contributed by atoms with E-state index in [0.29, 0.717) is 69.3 Å². The number of phenolic OH excluding ortho intramolecular Hbond substituents is 1. The van der Waals surface area contributed by atoms with E-state index in [4.69, 9.17) is 9.47 Å². The smallest absolute Gasteiger partial charge is 0.507 e. The minimum absolute atomic E-state index is 0.0215. The highest BCUT2D eigenvalue weighted by Gasteiger charge is 2.38. The average Bonchev–Trinajstić information content (AvgIpc) is 3.27. The van der Waals surface area contributed by atoms with Crippen molar-refractivity contribution in [1.29, 1.82) is 0 Å². The molecule has 3 fully saturated rings. The van der Waals surface area contributed by atoms with E-state index in [1.54, 1.807) is 21.9 Å². The summed E-state index contributed by atoms with van der Waals surface area (Å²) >= 11 is 3.34. The molecule has 2 atom stereocenters. The molecule has 0 unspecified atom stereocenters. The molecule has 4 heterocycles. The summed E-state index contributed by atoms with van der Waals surface area (Å²) in [5.74, 6) is -0.220. The van der Waals surface area contributed by atoms with Crippen molar-refractivity contribution in [3.8, 4) is 5.75 Å². The Morgan fingerprint density at radius 1 is 0.898 bits per heavy atom. The third kappa shape index (κ3) is 8.41. The number of anilines is 1. The Kier molecular flexibility index (Phi) is 11.1. The molecule has 0 bridgehead atoms. The highest BCUT2D eigenvalue weighted by Crippen LogP contribution is 2.29. The lowest BCUT2D eigenvalue weighted by Gasteiger charge is -2.44. The highest BCUT2D eigenvalue weighted by molar-refractivity contribution is 9.10. The topological polar surface area (TPSA) is 152 Å². The Morgan fingerprint density at radius 2 is 1.61 bits per heavy atom. The Hall–Kier alpha value is -4.04. The Bertz CT molecular complexity index is 1530. The molecule has 14 heteroatoms. The lowest BCUT2D eigenvalue weighted by molar-refractivity contribution is -0.143. The number of phenols is 1. The van der Waals surface area contributed by atoms with Crippen molar-refractivity contribution in [3.63, 3.8) is 0 Å². The number of amides is 4. The van der Waals surface area contributed by atoms with Crippen molar-refractivity contribution >= 4 is 45.8 Å². The first-order valence-electron chi connectivity index (χ1n) is 17.2. The van der Waals surface area contributed by atoms with Crippen molar-refractivity contribution in [2.45, 2.75) is 82.2 Å². The summed E-state index contributed by atoms with van der Waals surface area (Å²) in [6.45, 7) is 3.03. The van der Waals surface area contributed by atoms with Crippen molar-refractivity contribution in [3.05, 3.63) is 58.1 Å². The number of nitrogens with one attached hydrogen (secondary N) is 1. The molecule has 264 valence electrons. The molecule has 2 aromatic carbocycles. The number of halogens is 1. The normalized spacial score (nSPS) is 21.7. The van der Waals surface area contributed by atoms with Crippen LogP contribution in [-0.4, -0.2) is 118 Å². The number of nitrogens with zero attached hydrogens (tertiary/aromatic N) is 4. The number of benzene rings is 2. The first-order valence-corrected chi connectivity index (χ1v) is 18.0. The van der Waals surface area contributed by atoms with Gasteiger partial charge in [0.05, 0.1) is 4.47 Å². The van der Waals surface area contributed by atoms with Gasteiger partial charge in [0.2, 0.25) is 0 Å².